The van der Waals surface area contributed by atoms with Crippen LogP contribution in [0.1, 0.15) is 18.6 Å². The quantitative estimate of drug-likeness (QED) is 0.931. The molecule has 90 valence electrons. The van der Waals surface area contributed by atoms with E-state index in [9.17, 15) is 5.11 Å². The van der Waals surface area contributed by atoms with Gasteiger partial charge in [-0.2, -0.15) is 5.10 Å². The number of hydrogen-bond donors (Lipinski definition) is 1. The highest BCUT2D eigenvalue weighted by Crippen LogP contribution is 2.33. The molecule has 2 rings (SSSR count). The number of aliphatic hydroxyl groups is 1. The topological polar surface area (TPSA) is 50.9 Å². The maximum Gasteiger partial charge on any atom is 0.190 e. The van der Waals surface area contributed by atoms with Gasteiger partial charge >= 0.3 is 0 Å². The zero-order valence-corrected chi connectivity index (χ0v) is 11.0. The summed E-state index contributed by atoms with van der Waals surface area (Å²) < 4.78 is 1.68. The summed E-state index contributed by atoms with van der Waals surface area (Å²) in [5.74, 6) is 0. The minimum absolute atomic E-state index is 0.513. The van der Waals surface area contributed by atoms with Crippen molar-refractivity contribution in [2.45, 2.75) is 23.1 Å². The van der Waals surface area contributed by atoms with Crippen LogP contribution < -0.4 is 0 Å². The molecule has 0 spiro atoms. The SMILES string of the molecule is C[C@@H](O)c1ccc(Sc2ncnn2C)c(Cl)c1. The third-order valence-corrected chi connectivity index (χ3v) is 3.86. The normalized spacial score (nSPS) is 12.7. The number of aryl methyl sites for hydroxylation is 1. The Bertz CT molecular complexity index is 527. The average Bonchev–Trinajstić information content (AvgIpc) is 2.67. The smallest absolute Gasteiger partial charge is 0.190 e. The van der Waals surface area contributed by atoms with Gasteiger partial charge in [0.15, 0.2) is 5.16 Å². The third kappa shape index (κ3) is 2.80. The van der Waals surface area contributed by atoms with Crippen molar-refractivity contribution in [1.29, 1.82) is 0 Å². The Morgan fingerprint density at radius 3 is 2.76 bits per heavy atom. The summed E-state index contributed by atoms with van der Waals surface area (Å²) in [6.45, 7) is 1.71. The van der Waals surface area contributed by atoms with Crippen molar-refractivity contribution >= 4 is 23.4 Å². The molecule has 4 nitrogen and oxygen atoms in total. The number of hydrogen-bond acceptors (Lipinski definition) is 4. The molecule has 1 aromatic carbocycles. The largest absolute Gasteiger partial charge is 0.389 e. The Morgan fingerprint density at radius 1 is 1.47 bits per heavy atom. The Hall–Kier alpha value is -1.04. The van der Waals surface area contributed by atoms with Crippen LogP contribution in [0.3, 0.4) is 0 Å². The molecule has 0 amide bonds. The fourth-order valence-corrected chi connectivity index (χ4v) is 2.41. The Balaban J connectivity index is 2.26. The maximum absolute atomic E-state index is 9.45. The molecule has 1 atom stereocenters. The van der Waals surface area contributed by atoms with E-state index in [1.54, 1.807) is 17.7 Å². The summed E-state index contributed by atoms with van der Waals surface area (Å²) in [4.78, 5) is 5.01. The van der Waals surface area contributed by atoms with Gasteiger partial charge in [-0.25, -0.2) is 9.67 Å². The van der Waals surface area contributed by atoms with Crippen LogP contribution in [-0.4, -0.2) is 19.9 Å². The van der Waals surface area contributed by atoms with Crippen LogP contribution in [0.15, 0.2) is 34.6 Å². The molecule has 1 aromatic heterocycles. The highest BCUT2D eigenvalue weighted by Gasteiger charge is 2.09. The van der Waals surface area contributed by atoms with E-state index in [-0.39, 0.29) is 0 Å². The van der Waals surface area contributed by atoms with Crippen LogP contribution in [0.25, 0.3) is 0 Å². The molecule has 0 bridgehead atoms. The van der Waals surface area contributed by atoms with Crippen LogP contribution in [0, 0.1) is 0 Å². The molecular formula is C11H12ClN3OS. The predicted octanol–water partition coefficient (Wildman–Crippen LogP) is 2.67. The summed E-state index contributed by atoms with van der Waals surface area (Å²) in [5, 5.41) is 14.8. The summed E-state index contributed by atoms with van der Waals surface area (Å²) >= 11 is 7.60. The van der Waals surface area contributed by atoms with Crippen LogP contribution in [-0.2, 0) is 7.05 Å². The van der Waals surface area contributed by atoms with Gasteiger partial charge in [0.1, 0.15) is 6.33 Å². The fourth-order valence-electron chi connectivity index (χ4n) is 1.34. The molecule has 0 saturated heterocycles. The first-order valence-corrected chi connectivity index (χ1v) is 6.26. The molecule has 0 saturated carbocycles. The number of benzene rings is 1. The van der Waals surface area contributed by atoms with Crippen molar-refractivity contribution in [2.24, 2.45) is 7.05 Å². The molecule has 17 heavy (non-hydrogen) atoms. The van der Waals surface area contributed by atoms with E-state index in [0.717, 1.165) is 15.6 Å². The van der Waals surface area contributed by atoms with E-state index in [1.807, 2.05) is 19.2 Å². The molecule has 0 unspecified atom stereocenters. The van der Waals surface area contributed by atoms with Gasteiger partial charge in [0.25, 0.3) is 0 Å². The van der Waals surface area contributed by atoms with E-state index >= 15 is 0 Å². The molecule has 2 aromatic rings. The van der Waals surface area contributed by atoms with Crippen LogP contribution in [0.4, 0.5) is 0 Å². The monoisotopic (exact) mass is 269 g/mol. The first-order chi connectivity index (χ1) is 8.08. The molecule has 0 aliphatic heterocycles. The first-order valence-electron chi connectivity index (χ1n) is 5.07. The maximum atomic E-state index is 9.45. The molecule has 0 fully saturated rings. The van der Waals surface area contributed by atoms with Gasteiger partial charge in [0.2, 0.25) is 0 Å². The average molecular weight is 270 g/mol. The number of aliphatic hydroxyl groups excluding tert-OH is 1. The highest BCUT2D eigenvalue weighted by molar-refractivity contribution is 7.99. The lowest BCUT2D eigenvalue weighted by molar-refractivity contribution is 0.199. The standard InChI is InChI=1S/C11H12ClN3OS/c1-7(16)8-3-4-10(9(12)5-8)17-11-13-6-14-15(11)2/h3-7,16H,1-2H3/t7-/m1/s1. The van der Waals surface area contributed by atoms with E-state index in [1.165, 1.54) is 18.1 Å². The van der Waals surface area contributed by atoms with Gasteiger partial charge in [-0.15, -0.1) is 0 Å². The lowest BCUT2D eigenvalue weighted by Crippen LogP contribution is -1.94. The molecule has 6 heteroatoms. The van der Waals surface area contributed by atoms with Gasteiger partial charge in [0, 0.05) is 11.9 Å². The van der Waals surface area contributed by atoms with Crippen LogP contribution in [0.5, 0.6) is 0 Å². The van der Waals surface area contributed by atoms with Gasteiger partial charge < -0.3 is 5.11 Å². The second kappa shape index (κ2) is 5.08. The second-order valence-electron chi connectivity index (χ2n) is 3.63. The molecular weight excluding hydrogens is 258 g/mol. The highest BCUT2D eigenvalue weighted by atomic mass is 35.5. The summed E-state index contributed by atoms with van der Waals surface area (Å²) in [6, 6.07) is 5.50. The van der Waals surface area contributed by atoms with Gasteiger partial charge in [-0.3, -0.25) is 0 Å². The fraction of sp³-hybridized carbons (Fsp3) is 0.273. The van der Waals surface area contributed by atoms with E-state index < -0.39 is 6.10 Å². The molecule has 1 N–H and O–H groups in total. The van der Waals surface area contributed by atoms with Crippen LogP contribution >= 0.6 is 23.4 Å². The number of aromatic nitrogens is 3. The Kier molecular flexibility index (Phi) is 3.71. The van der Waals surface area contributed by atoms with Gasteiger partial charge in [-0.05, 0) is 36.4 Å². The van der Waals surface area contributed by atoms with Gasteiger partial charge in [-0.1, -0.05) is 17.7 Å². The molecule has 0 aliphatic carbocycles. The summed E-state index contributed by atoms with van der Waals surface area (Å²) in [6.07, 6.45) is 0.988. The minimum atomic E-state index is -0.513. The van der Waals surface area contributed by atoms with Crippen LogP contribution in [0.2, 0.25) is 5.02 Å². The second-order valence-corrected chi connectivity index (χ2v) is 5.05. The van der Waals surface area contributed by atoms with Gasteiger partial charge in [0.05, 0.1) is 11.1 Å². The third-order valence-electron chi connectivity index (χ3n) is 2.31. The van der Waals surface area contributed by atoms with E-state index in [0.29, 0.717) is 5.02 Å². The number of rotatable bonds is 3. The zero-order valence-electron chi connectivity index (χ0n) is 9.46. The van der Waals surface area contributed by atoms with Crippen molar-refractivity contribution in [2.75, 3.05) is 0 Å². The summed E-state index contributed by atoms with van der Waals surface area (Å²) in [7, 11) is 1.83. The first kappa shape index (κ1) is 12.4. The molecule has 0 aliphatic rings. The zero-order chi connectivity index (χ0) is 12.4. The van der Waals surface area contributed by atoms with Crippen molar-refractivity contribution in [3.63, 3.8) is 0 Å². The lowest BCUT2D eigenvalue weighted by Gasteiger charge is -2.08. The molecule has 1 heterocycles. The molecule has 0 radical (unpaired) electrons. The van der Waals surface area contributed by atoms with Crippen molar-refractivity contribution in [3.8, 4) is 0 Å². The van der Waals surface area contributed by atoms with Crippen molar-refractivity contribution < 1.29 is 5.11 Å². The van der Waals surface area contributed by atoms with Crippen molar-refractivity contribution in [1.82, 2.24) is 14.8 Å². The number of halogens is 1. The van der Waals surface area contributed by atoms with E-state index in [2.05, 4.69) is 10.1 Å². The predicted molar refractivity (Wildman–Crippen MR) is 67.2 cm³/mol. The van der Waals surface area contributed by atoms with E-state index in [4.69, 9.17) is 11.6 Å². The summed E-state index contributed by atoms with van der Waals surface area (Å²) in [5.41, 5.74) is 0.803. The Morgan fingerprint density at radius 2 is 2.24 bits per heavy atom. The van der Waals surface area contributed by atoms with Crippen molar-refractivity contribution in [3.05, 3.63) is 35.1 Å². The lowest BCUT2D eigenvalue weighted by atomic mass is 10.1. The Labute approximate surface area is 109 Å². The number of nitrogens with zero attached hydrogens (tertiary/aromatic N) is 3. The minimum Gasteiger partial charge on any atom is -0.389 e.